The second kappa shape index (κ2) is 9.30. The van der Waals surface area contributed by atoms with Gasteiger partial charge in [0.25, 0.3) is 0 Å². The van der Waals surface area contributed by atoms with Crippen molar-refractivity contribution in [1.82, 2.24) is 15.1 Å². The molecule has 1 N–H and O–H groups in total. The van der Waals surface area contributed by atoms with Crippen molar-refractivity contribution in [2.75, 3.05) is 45.0 Å². The average molecular weight is 410 g/mol. The summed E-state index contributed by atoms with van der Waals surface area (Å²) >= 11 is 1.17. The third-order valence-corrected chi connectivity index (χ3v) is 5.69. The molecule has 9 heteroatoms. The number of carbonyl (C=O) groups is 1. The number of alkyl halides is 3. The third-order valence-electron chi connectivity index (χ3n) is 4.71. The number of carbonyl (C=O) groups excluding carboxylic acids is 1. The van der Waals surface area contributed by atoms with E-state index in [0.29, 0.717) is 10.9 Å². The topological polar surface area (TPSA) is 35.6 Å². The van der Waals surface area contributed by atoms with Gasteiger partial charge >= 0.3 is 6.18 Å². The molecular weight excluding hydrogens is 387 g/mol. The fourth-order valence-electron chi connectivity index (χ4n) is 3.31. The highest BCUT2D eigenvalue weighted by Gasteiger charge is 2.32. The lowest BCUT2D eigenvalue weighted by Crippen LogP contribution is -2.49. The average Bonchev–Trinajstić information content (AvgIpc) is 3.10. The summed E-state index contributed by atoms with van der Waals surface area (Å²) in [5.74, 6) is 0.176. The first-order valence-corrected chi connectivity index (χ1v) is 9.44. The number of halogens is 4. The minimum Gasteiger partial charge on any atom is -0.340 e. The fraction of sp³-hybridized carbons (Fsp3) is 0.588. The van der Waals surface area contributed by atoms with Gasteiger partial charge < -0.3 is 10.2 Å². The van der Waals surface area contributed by atoms with Crippen molar-refractivity contribution in [3.8, 4) is 0 Å². The first-order valence-electron chi connectivity index (χ1n) is 8.46. The lowest BCUT2D eigenvalue weighted by atomic mass is 10.2. The molecule has 1 amide bonds. The maximum atomic E-state index is 12.7. The Morgan fingerprint density at radius 1 is 1.23 bits per heavy atom. The Bertz CT molecular complexity index is 611. The van der Waals surface area contributed by atoms with Crippen LogP contribution in [0, 0.1) is 0 Å². The zero-order valence-corrected chi connectivity index (χ0v) is 15.9. The van der Waals surface area contributed by atoms with Crippen molar-refractivity contribution in [2.24, 2.45) is 0 Å². The maximum absolute atomic E-state index is 12.7. The smallest absolute Gasteiger partial charge is 0.340 e. The Hall–Kier alpha value is -0.960. The molecule has 1 aromatic carbocycles. The second-order valence-electron chi connectivity index (χ2n) is 6.38. The van der Waals surface area contributed by atoms with Gasteiger partial charge in [-0.25, -0.2) is 0 Å². The first kappa shape index (κ1) is 21.3. The van der Waals surface area contributed by atoms with Gasteiger partial charge in [-0.15, -0.1) is 24.2 Å². The van der Waals surface area contributed by atoms with Gasteiger partial charge in [0.15, 0.2) is 0 Å². The van der Waals surface area contributed by atoms with E-state index in [1.807, 2.05) is 4.90 Å². The minimum absolute atomic E-state index is 0. The van der Waals surface area contributed by atoms with Crippen molar-refractivity contribution in [1.29, 1.82) is 0 Å². The molecule has 1 aromatic rings. The largest absolute Gasteiger partial charge is 0.416 e. The van der Waals surface area contributed by atoms with Crippen molar-refractivity contribution in [2.45, 2.75) is 23.5 Å². The van der Waals surface area contributed by atoms with Gasteiger partial charge in [0, 0.05) is 50.2 Å². The Balaban J connectivity index is 0.00000243. The van der Waals surface area contributed by atoms with Gasteiger partial charge in [0.05, 0.1) is 11.3 Å². The molecule has 0 spiro atoms. The van der Waals surface area contributed by atoms with E-state index in [9.17, 15) is 18.0 Å². The fourth-order valence-corrected chi connectivity index (χ4v) is 4.17. The second-order valence-corrected chi connectivity index (χ2v) is 7.43. The van der Waals surface area contributed by atoms with Crippen LogP contribution in [0.2, 0.25) is 0 Å². The molecule has 26 heavy (non-hydrogen) atoms. The van der Waals surface area contributed by atoms with Gasteiger partial charge in [0.2, 0.25) is 5.91 Å². The van der Waals surface area contributed by atoms with Gasteiger partial charge in [-0.1, -0.05) is 6.07 Å². The molecule has 1 atom stereocenters. The van der Waals surface area contributed by atoms with Crippen LogP contribution in [0.3, 0.4) is 0 Å². The highest BCUT2D eigenvalue weighted by molar-refractivity contribution is 8.00. The normalized spacial score (nSPS) is 21.5. The molecule has 4 nitrogen and oxygen atoms in total. The van der Waals surface area contributed by atoms with Crippen molar-refractivity contribution in [3.05, 3.63) is 29.8 Å². The SMILES string of the molecule is Cl.O=C(CSc1cccc(C(F)(F)F)c1)N1CCC(N2CCNCC2)C1. The zero-order valence-electron chi connectivity index (χ0n) is 14.3. The summed E-state index contributed by atoms with van der Waals surface area (Å²) < 4.78 is 38.2. The molecule has 2 aliphatic heterocycles. The van der Waals surface area contributed by atoms with Crippen molar-refractivity contribution < 1.29 is 18.0 Å². The Labute approximate surface area is 161 Å². The molecule has 2 fully saturated rings. The van der Waals surface area contributed by atoms with E-state index in [4.69, 9.17) is 0 Å². The first-order chi connectivity index (χ1) is 11.9. The molecule has 0 bridgehead atoms. The van der Waals surface area contributed by atoms with E-state index in [1.54, 1.807) is 6.07 Å². The number of rotatable bonds is 4. The summed E-state index contributed by atoms with van der Waals surface area (Å²) in [7, 11) is 0. The summed E-state index contributed by atoms with van der Waals surface area (Å²) in [5, 5.41) is 3.32. The highest BCUT2D eigenvalue weighted by Crippen LogP contribution is 2.32. The lowest BCUT2D eigenvalue weighted by Gasteiger charge is -2.32. The number of amides is 1. The standard InChI is InChI=1S/C17H22F3N3OS.ClH/c18-17(19,20)13-2-1-3-15(10-13)25-12-16(24)23-7-4-14(11-23)22-8-5-21-6-9-22;/h1-3,10,14,21H,4-9,11-12H2;1H. The molecule has 146 valence electrons. The van der Waals surface area contributed by atoms with Crippen LogP contribution >= 0.6 is 24.2 Å². The van der Waals surface area contributed by atoms with Gasteiger partial charge in [0.1, 0.15) is 0 Å². The molecule has 2 heterocycles. The van der Waals surface area contributed by atoms with E-state index in [1.165, 1.54) is 17.8 Å². The number of likely N-dealkylation sites (tertiary alicyclic amines) is 1. The number of nitrogens with zero attached hydrogens (tertiary/aromatic N) is 2. The van der Waals surface area contributed by atoms with Gasteiger partial charge in [-0.05, 0) is 24.6 Å². The number of hydrogen-bond donors (Lipinski definition) is 1. The monoisotopic (exact) mass is 409 g/mol. The number of piperazine rings is 1. The van der Waals surface area contributed by atoms with Crippen LogP contribution in [0.15, 0.2) is 29.2 Å². The predicted molar refractivity (Wildman–Crippen MR) is 98.8 cm³/mol. The predicted octanol–water partition coefficient (Wildman–Crippen LogP) is 2.73. The summed E-state index contributed by atoms with van der Waals surface area (Å²) in [6.07, 6.45) is -3.38. The molecule has 0 aromatic heterocycles. The van der Waals surface area contributed by atoms with Crippen LogP contribution in [0.1, 0.15) is 12.0 Å². The Morgan fingerprint density at radius 2 is 1.96 bits per heavy atom. The highest BCUT2D eigenvalue weighted by atomic mass is 35.5. The van der Waals surface area contributed by atoms with E-state index in [0.717, 1.165) is 57.8 Å². The lowest BCUT2D eigenvalue weighted by molar-refractivity contribution is -0.137. The minimum atomic E-state index is -4.36. The van der Waals surface area contributed by atoms with Crippen LogP contribution in [-0.2, 0) is 11.0 Å². The Morgan fingerprint density at radius 3 is 2.65 bits per heavy atom. The molecule has 3 rings (SSSR count). The van der Waals surface area contributed by atoms with Crippen LogP contribution in [-0.4, -0.2) is 66.8 Å². The van der Waals surface area contributed by atoms with Crippen molar-refractivity contribution >= 4 is 30.1 Å². The third kappa shape index (κ3) is 5.52. The number of nitrogens with one attached hydrogen (secondary N) is 1. The summed E-state index contributed by atoms with van der Waals surface area (Å²) in [4.78, 5) is 17.1. The number of hydrogen-bond acceptors (Lipinski definition) is 4. The molecule has 1 unspecified atom stereocenters. The van der Waals surface area contributed by atoms with Crippen LogP contribution < -0.4 is 5.32 Å². The van der Waals surface area contributed by atoms with E-state index < -0.39 is 11.7 Å². The maximum Gasteiger partial charge on any atom is 0.416 e. The van der Waals surface area contributed by atoms with E-state index >= 15 is 0 Å². The van der Waals surface area contributed by atoms with Gasteiger partial charge in [-0.3, -0.25) is 9.69 Å². The van der Waals surface area contributed by atoms with Crippen LogP contribution in [0.25, 0.3) is 0 Å². The van der Waals surface area contributed by atoms with Gasteiger partial charge in [-0.2, -0.15) is 13.2 Å². The number of thioether (sulfide) groups is 1. The molecule has 0 radical (unpaired) electrons. The molecule has 2 aliphatic rings. The molecule has 0 saturated carbocycles. The van der Waals surface area contributed by atoms with Crippen LogP contribution in [0.5, 0.6) is 0 Å². The van der Waals surface area contributed by atoms with E-state index in [-0.39, 0.29) is 24.1 Å². The van der Waals surface area contributed by atoms with E-state index in [2.05, 4.69) is 10.2 Å². The summed E-state index contributed by atoms with van der Waals surface area (Å²) in [5.41, 5.74) is -0.676. The number of benzene rings is 1. The molecule has 2 saturated heterocycles. The quantitative estimate of drug-likeness (QED) is 0.776. The van der Waals surface area contributed by atoms with Crippen molar-refractivity contribution in [3.63, 3.8) is 0 Å². The zero-order chi connectivity index (χ0) is 17.9. The Kier molecular flexibility index (Phi) is 7.63. The summed E-state index contributed by atoms with van der Waals surface area (Å²) in [6, 6.07) is 5.55. The van der Waals surface area contributed by atoms with Crippen LogP contribution in [0.4, 0.5) is 13.2 Å². The summed E-state index contributed by atoms with van der Waals surface area (Å²) in [6.45, 7) is 5.43. The molecular formula is C17H23ClF3N3OS. The molecule has 0 aliphatic carbocycles.